The van der Waals surface area contributed by atoms with E-state index in [4.69, 9.17) is 4.74 Å². The van der Waals surface area contributed by atoms with E-state index in [-0.39, 0.29) is 36.4 Å². The second kappa shape index (κ2) is 12.7. The second-order valence-corrected chi connectivity index (χ2v) is 7.22. The Morgan fingerprint density at radius 3 is 2.35 bits per heavy atom. The summed E-state index contributed by atoms with van der Waals surface area (Å²) in [5.74, 6) is 0.859. The van der Waals surface area contributed by atoms with Crippen molar-refractivity contribution < 1.29 is 9.53 Å². The number of methoxy groups -OCH3 is 1. The first kappa shape index (κ1) is 25.4. The summed E-state index contributed by atoms with van der Waals surface area (Å²) in [6, 6.07) is 1.14. The third-order valence-corrected chi connectivity index (χ3v) is 4.81. The number of amides is 1. The van der Waals surface area contributed by atoms with E-state index in [1.807, 2.05) is 0 Å². The number of likely N-dealkylation sites (N-methyl/N-ethyl adjacent to an activating group) is 1. The van der Waals surface area contributed by atoms with Gasteiger partial charge in [-0.1, -0.05) is 6.92 Å². The highest BCUT2D eigenvalue weighted by Crippen LogP contribution is 2.16. The number of guanidine groups is 1. The minimum atomic E-state index is 0. The van der Waals surface area contributed by atoms with Gasteiger partial charge in [-0.2, -0.15) is 0 Å². The monoisotopic (exact) mass is 483 g/mol. The molecule has 0 saturated carbocycles. The second-order valence-electron chi connectivity index (χ2n) is 7.22. The SMILES string of the molecule is CCC(C)NC(=NCC(=O)N(C)C)N1CC(C)N(CCOC)C(C)C1.I. The number of aliphatic imine (C=N–C) groups is 1. The molecule has 0 aromatic carbocycles. The molecule has 1 aliphatic heterocycles. The average molecular weight is 483 g/mol. The number of rotatable bonds is 7. The quantitative estimate of drug-likeness (QED) is 0.338. The van der Waals surface area contributed by atoms with E-state index in [0.717, 1.165) is 38.6 Å². The molecule has 0 radical (unpaired) electrons. The van der Waals surface area contributed by atoms with E-state index in [2.05, 4.69) is 47.8 Å². The highest BCUT2D eigenvalue weighted by atomic mass is 127. The van der Waals surface area contributed by atoms with Gasteiger partial charge in [0.15, 0.2) is 5.96 Å². The molecule has 1 rings (SSSR count). The number of carbonyl (C=O) groups is 1. The van der Waals surface area contributed by atoms with Crippen molar-refractivity contribution in [3.8, 4) is 0 Å². The largest absolute Gasteiger partial charge is 0.383 e. The lowest BCUT2D eigenvalue weighted by Gasteiger charge is -2.45. The number of halogens is 1. The van der Waals surface area contributed by atoms with Crippen molar-refractivity contribution in [2.45, 2.75) is 52.2 Å². The number of ether oxygens (including phenoxy) is 1. The average Bonchev–Trinajstić information content (AvgIpc) is 2.56. The Balaban J connectivity index is 0.00000625. The minimum absolute atomic E-state index is 0. The van der Waals surface area contributed by atoms with Crippen LogP contribution in [-0.2, 0) is 9.53 Å². The molecule has 0 aromatic heterocycles. The number of hydrogen-bond donors (Lipinski definition) is 1. The zero-order valence-electron chi connectivity index (χ0n) is 17.5. The van der Waals surface area contributed by atoms with Crippen molar-refractivity contribution in [2.75, 3.05) is 54.0 Å². The van der Waals surface area contributed by atoms with Gasteiger partial charge in [0, 0.05) is 59.0 Å². The molecular formula is C18H38IN5O2. The number of carbonyl (C=O) groups excluding carboxylic acids is 1. The molecule has 26 heavy (non-hydrogen) atoms. The summed E-state index contributed by atoms with van der Waals surface area (Å²) in [6.07, 6.45) is 1.01. The Morgan fingerprint density at radius 1 is 1.31 bits per heavy atom. The molecule has 0 aliphatic carbocycles. The molecule has 7 nitrogen and oxygen atoms in total. The molecule has 1 heterocycles. The Bertz CT molecular complexity index is 435. The summed E-state index contributed by atoms with van der Waals surface area (Å²) in [5, 5.41) is 3.49. The molecule has 0 bridgehead atoms. The molecule has 0 spiro atoms. The maximum absolute atomic E-state index is 11.9. The zero-order valence-corrected chi connectivity index (χ0v) is 19.8. The van der Waals surface area contributed by atoms with E-state index in [1.54, 1.807) is 26.1 Å². The van der Waals surface area contributed by atoms with Gasteiger partial charge in [-0.15, -0.1) is 24.0 Å². The summed E-state index contributed by atoms with van der Waals surface area (Å²) < 4.78 is 5.24. The van der Waals surface area contributed by atoms with Crippen LogP contribution in [0.4, 0.5) is 0 Å². The Labute approximate surface area is 176 Å². The molecule has 3 unspecified atom stereocenters. The van der Waals surface area contributed by atoms with Gasteiger partial charge in [-0.05, 0) is 27.2 Å². The fourth-order valence-electron chi connectivity index (χ4n) is 3.01. The van der Waals surface area contributed by atoms with Gasteiger partial charge in [0.2, 0.25) is 5.91 Å². The van der Waals surface area contributed by atoms with Crippen molar-refractivity contribution in [3.05, 3.63) is 0 Å². The smallest absolute Gasteiger partial charge is 0.243 e. The van der Waals surface area contributed by atoms with E-state index < -0.39 is 0 Å². The molecule has 3 atom stereocenters. The summed E-state index contributed by atoms with van der Waals surface area (Å²) in [6.45, 7) is 12.4. The summed E-state index contributed by atoms with van der Waals surface area (Å²) in [7, 11) is 5.27. The first-order valence-corrected chi connectivity index (χ1v) is 9.30. The van der Waals surface area contributed by atoms with Crippen molar-refractivity contribution >= 4 is 35.8 Å². The Morgan fingerprint density at radius 2 is 1.88 bits per heavy atom. The van der Waals surface area contributed by atoms with Gasteiger partial charge in [0.05, 0.1) is 6.61 Å². The fraction of sp³-hybridized carbons (Fsp3) is 0.889. The van der Waals surface area contributed by atoms with Gasteiger partial charge < -0.3 is 19.9 Å². The zero-order chi connectivity index (χ0) is 19.0. The summed E-state index contributed by atoms with van der Waals surface area (Å²) in [4.78, 5) is 22.9. The lowest BCUT2D eigenvalue weighted by atomic mass is 10.1. The molecule has 8 heteroatoms. The van der Waals surface area contributed by atoms with Crippen LogP contribution >= 0.6 is 24.0 Å². The van der Waals surface area contributed by atoms with Crippen LogP contribution in [0.1, 0.15) is 34.1 Å². The highest BCUT2D eigenvalue weighted by Gasteiger charge is 2.31. The lowest BCUT2D eigenvalue weighted by Crippen LogP contribution is -2.61. The van der Waals surface area contributed by atoms with Crippen LogP contribution in [0.25, 0.3) is 0 Å². The van der Waals surface area contributed by atoms with Crippen LogP contribution < -0.4 is 5.32 Å². The predicted molar refractivity (Wildman–Crippen MR) is 118 cm³/mol. The number of hydrogen-bond acceptors (Lipinski definition) is 4. The number of nitrogens with one attached hydrogen (secondary N) is 1. The number of nitrogens with zero attached hydrogens (tertiary/aromatic N) is 4. The first-order chi connectivity index (χ1) is 11.8. The summed E-state index contributed by atoms with van der Waals surface area (Å²) in [5.41, 5.74) is 0. The topological polar surface area (TPSA) is 60.4 Å². The van der Waals surface area contributed by atoms with Gasteiger partial charge >= 0.3 is 0 Å². The Hall–Kier alpha value is -0.610. The van der Waals surface area contributed by atoms with Crippen molar-refractivity contribution in [1.82, 2.24) is 20.0 Å². The number of piperazine rings is 1. The minimum Gasteiger partial charge on any atom is -0.383 e. The van der Waals surface area contributed by atoms with Gasteiger partial charge in [0.1, 0.15) is 6.54 Å². The lowest BCUT2D eigenvalue weighted by molar-refractivity contribution is -0.127. The molecule has 1 aliphatic rings. The van der Waals surface area contributed by atoms with Crippen LogP contribution in [0.5, 0.6) is 0 Å². The molecule has 154 valence electrons. The molecular weight excluding hydrogens is 445 g/mol. The van der Waals surface area contributed by atoms with Crippen LogP contribution in [0.3, 0.4) is 0 Å². The van der Waals surface area contributed by atoms with Crippen LogP contribution in [0.15, 0.2) is 4.99 Å². The Kier molecular flexibility index (Phi) is 12.4. The van der Waals surface area contributed by atoms with Crippen LogP contribution in [0.2, 0.25) is 0 Å². The maximum atomic E-state index is 11.9. The van der Waals surface area contributed by atoms with Gasteiger partial charge in [0.25, 0.3) is 0 Å². The van der Waals surface area contributed by atoms with Crippen molar-refractivity contribution in [1.29, 1.82) is 0 Å². The fourth-order valence-corrected chi connectivity index (χ4v) is 3.01. The molecule has 1 N–H and O–H groups in total. The molecule has 1 saturated heterocycles. The van der Waals surface area contributed by atoms with E-state index in [0.29, 0.717) is 18.1 Å². The van der Waals surface area contributed by atoms with Crippen molar-refractivity contribution in [2.24, 2.45) is 4.99 Å². The third-order valence-electron chi connectivity index (χ3n) is 4.81. The third kappa shape index (κ3) is 7.96. The van der Waals surface area contributed by atoms with Crippen LogP contribution in [-0.4, -0.2) is 98.7 Å². The normalized spacial score (nSPS) is 22.6. The molecule has 1 amide bonds. The predicted octanol–water partition coefficient (Wildman–Crippen LogP) is 1.48. The molecule has 0 aromatic rings. The maximum Gasteiger partial charge on any atom is 0.243 e. The summed E-state index contributed by atoms with van der Waals surface area (Å²) >= 11 is 0. The van der Waals surface area contributed by atoms with Gasteiger partial charge in [-0.25, -0.2) is 4.99 Å². The first-order valence-electron chi connectivity index (χ1n) is 9.30. The highest BCUT2D eigenvalue weighted by molar-refractivity contribution is 14.0. The molecule has 1 fully saturated rings. The van der Waals surface area contributed by atoms with E-state index >= 15 is 0 Å². The van der Waals surface area contributed by atoms with E-state index in [9.17, 15) is 4.79 Å². The van der Waals surface area contributed by atoms with Crippen molar-refractivity contribution in [3.63, 3.8) is 0 Å². The van der Waals surface area contributed by atoms with E-state index in [1.165, 1.54) is 0 Å². The standard InChI is InChI=1S/C18H37N5O2.HI/c1-8-14(2)20-18(19-11-17(24)21(5)6)22-12-15(3)23(9-10-25-7)16(4)13-22;/h14-16H,8-13H2,1-7H3,(H,19,20);1H. The van der Waals surface area contributed by atoms with Gasteiger partial charge in [-0.3, -0.25) is 9.69 Å². The van der Waals surface area contributed by atoms with Crippen LogP contribution in [0, 0.1) is 0 Å².